The normalized spacial score (nSPS) is 17.0. The van der Waals surface area contributed by atoms with Crippen LogP contribution in [0.5, 0.6) is 5.75 Å². The molecule has 2 heterocycles. The third-order valence-corrected chi connectivity index (χ3v) is 5.50. The van der Waals surface area contributed by atoms with Crippen LogP contribution in [0.3, 0.4) is 0 Å². The van der Waals surface area contributed by atoms with E-state index >= 15 is 0 Å². The Kier molecular flexibility index (Phi) is 5.55. The minimum Gasteiger partial charge on any atom is -0.497 e. The first-order valence-corrected chi connectivity index (χ1v) is 9.98. The van der Waals surface area contributed by atoms with Crippen LogP contribution < -0.4 is 4.74 Å². The lowest BCUT2D eigenvalue weighted by Gasteiger charge is -2.31. The van der Waals surface area contributed by atoms with Gasteiger partial charge in [-0.3, -0.25) is 4.79 Å². The van der Waals surface area contributed by atoms with Crippen LogP contribution in [0, 0.1) is 6.92 Å². The van der Waals surface area contributed by atoms with Crippen LogP contribution in [0.1, 0.15) is 53.5 Å². The number of rotatable bonds is 4. The fraction of sp³-hybridized carbons (Fsp3) is 0.364. The number of amides is 1. The van der Waals surface area contributed by atoms with Gasteiger partial charge in [0.1, 0.15) is 5.75 Å². The van der Waals surface area contributed by atoms with Gasteiger partial charge in [-0.1, -0.05) is 25.0 Å². The fourth-order valence-corrected chi connectivity index (χ4v) is 3.91. The first kappa shape index (κ1) is 19.1. The quantitative estimate of drug-likeness (QED) is 0.677. The molecule has 1 atom stereocenters. The molecular formula is C22H25N5O2. The van der Waals surface area contributed by atoms with Gasteiger partial charge in [0.05, 0.1) is 18.8 Å². The molecule has 0 saturated carbocycles. The Bertz CT molecular complexity index is 966. The summed E-state index contributed by atoms with van der Waals surface area (Å²) < 4.78 is 6.93. The zero-order valence-corrected chi connectivity index (χ0v) is 16.8. The van der Waals surface area contributed by atoms with Crippen LogP contribution in [0.15, 0.2) is 48.5 Å². The number of carbonyl (C=O) groups excluding carboxylic acids is 1. The second-order valence-electron chi connectivity index (χ2n) is 7.32. The van der Waals surface area contributed by atoms with Gasteiger partial charge in [-0.05, 0) is 72.2 Å². The number of methoxy groups -OCH3 is 1. The van der Waals surface area contributed by atoms with Crippen molar-refractivity contribution >= 4 is 5.91 Å². The molecule has 2 aromatic carbocycles. The number of likely N-dealkylation sites (tertiary alicyclic amines) is 1. The van der Waals surface area contributed by atoms with Crippen molar-refractivity contribution in [1.29, 1.82) is 0 Å². The van der Waals surface area contributed by atoms with Gasteiger partial charge in [0.2, 0.25) is 0 Å². The second-order valence-corrected chi connectivity index (χ2v) is 7.32. The minimum atomic E-state index is 0.0627. The number of nitrogens with zero attached hydrogens (tertiary/aromatic N) is 5. The summed E-state index contributed by atoms with van der Waals surface area (Å²) in [6.45, 7) is 2.61. The zero-order valence-electron chi connectivity index (χ0n) is 16.8. The summed E-state index contributed by atoms with van der Waals surface area (Å²) in [5.41, 5.74) is 2.67. The molecular weight excluding hydrogens is 366 g/mol. The third-order valence-electron chi connectivity index (χ3n) is 5.50. The van der Waals surface area contributed by atoms with E-state index in [4.69, 9.17) is 4.74 Å². The van der Waals surface area contributed by atoms with E-state index in [1.54, 1.807) is 11.8 Å². The lowest BCUT2D eigenvalue weighted by atomic mass is 10.00. The Morgan fingerprint density at radius 1 is 1.03 bits per heavy atom. The largest absolute Gasteiger partial charge is 0.497 e. The third kappa shape index (κ3) is 3.99. The number of ether oxygens (including phenoxy) is 1. The van der Waals surface area contributed by atoms with Gasteiger partial charge in [-0.2, -0.15) is 4.68 Å². The molecule has 1 aliphatic heterocycles. The summed E-state index contributed by atoms with van der Waals surface area (Å²) in [6, 6.07) is 15.6. The predicted octanol–water partition coefficient (Wildman–Crippen LogP) is 3.74. The summed E-state index contributed by atoms with van der Waals surface area (Å²) in [4.78, 5) is 15.4. The Hall–Kier alpha value is -3.22. The van der Waals surface area contributed by atoms with E-state index in [0.29, 0.717) is 11.4 Å². The number of carbonyl (C=O) groups is 1. The first-order chi connectivity index (χ1) is 14.2. The Balaban J connectivity index is 1.59. The van der Waals surface area contributed by atoms with E-state index in [1.807, 2.05) is 48.2 Å². The highest BCUT2D eigenvalue weighted by Gasteiger charge is 2.27. The van der Waals surface area contributed by atoms with Crippen molar-refractivity contribution in [3.8, 4) is 11.4 Å². The second kappa shape index (κ2) is 8.43. The van der Waals surface area contributed by atoms with E-state index in [9.17, 15) is 4.79 Å². The molecule has 0 aliphatic carbocycles. The van der Waals surface area contributed by atoms with E-state index in [-0.39, 0.29) is 11.9 Å². The van der Waals surface area contributed by atoms with Gasteiger partial charge < -0.3 is 9.64 Å². The molecule has 1 aliphatic rings. The van der Waals surface area contributed by atoms with Crippen LogP contribution in [-0.4, -0.2) is 44.7 Å². The molecule has 0 unspecified atom stereocenters. The highest BCUT2D eigenvalue weighted by molar-refractivity contribution is 5.94. The molecule has 0 N–H and O–H groups in total. The highest BCUT2D eigenvalue weighted by Crippen LogP contribution is 2.32. The molecule has 29 heavy (non-hydrogen) atoms. The van der Waals surface area contributed by atoms with Crippen molar-refractivity contribution in [3.05, 3.63) is 65.5 Å². The average molecular weight is 391 g/mol. The van der Waals surface area contributed by atoms with Crippen molar-refractivity contribution in [2.45, 2.75) is 38.6 Å². The van der Waals surface area contributed by atoms with Crippen molar-refractivity contribution < 1.29 is 9.53 Å². The van der Waals surface area contributed by atoms with Gasteiger partial charge in [-0.25, -0.2) is 0 Å². The van der Waals surface area contributed by atoms with Crippen LogP contribution in [0.2, 0.25) is 0 Å². The topological polar surface area (TPSA) is 73.1 Å². The molecule has 0 bridgehead atoms. The number of aromatic nitrogens is 4. The molecule has 7 nitrogen and oxygen atoms in total. The lowest BCUT2D eigenvalue weighted by molar-refractivity contribution is 0.0681. The molecule has 0 radical (unpaired) electrons. The van der Waals surface area contributed by atoms with Crippen molar-refractivity contribution in [2.75, 3.05) is 13.7 Å². The van der Waals surface area contributed by atoms with Crippen LogP contribution >= 0.6 is 0 Å². The Morgan fingerprint density at radius 2 is 1.79 bits per heavy atom. The van der Waals surface area contributed by atoms with E-state index in [2.05, 4.69) is 27.7 Å². The van der Waals surface area contributed by atoms with Crippen molar-refractivity contribution in [1.82, 2.24) is 25.1 Å². The fourth-order valence-electron chi connectivity index (χ4n) is 3.91. The molecule has 7 heteroatoms. The standard InChI is InChI=1S/C22H25N5O2/c1-16-23-24-25-27(16)19-11-7-18(8-12-19)22(28)26-15-5-3-4-6-21(26)17-9-13-20(29-2)14-10-17/h7-14,21H,3-6,15H2,1-2H3/t21-/m0/s1. The van der Waals surface area contributed by atoms with Crippen LogP contribution in [0.4, 0.5) is 0 Å². The number of benzene rings is 2. The van der Waals surface area contributed by atoms with Gasteiger partial charge in [0.25, 0.3) is 5.91 Å². The van der Waals surface area contributed by atoms with Gasteiger partial charge >= 0.3 is 0 Å². The number of hydrogen-bond donors (Lipinski definition) is 0. The summed E-state index contributed by atoms with van der Waals surface area (Å²) in [6.07, 6.45) is 4.27. The Morgan fingerprint density at radius 3 is 2.45 bits per heavy atom. The summed E-state index contributed by atoms with van der Waals surface area (Å²) in [5.74, 6) is 1.60. The Labute approximate surface area is 170 Å². The van der Waals surface area contributed by atoms with Crippen molar-refractivity contribution in [3.63, 3.8) is 0 Å². The molecule has 4 rings (SSSR count). The van der Waals surface area contributed by atoms with E-state index in [0.717, 1.165) is 49.2 Å². The highest BCUT2D eigenvalue weighted by atomic mass is 16.5. The van der Waals surface area contributed by atoms with Gasteiger partial charge in [0, 0.05) is 12.1 Å². The predicted molar refractivity (Wildman–Crippen MR) is 109 cm³/mol. The zero-order chi connectivity index (χ0) is 20.2. The number of hydrogen-bond acceptors (Lipinski definition) is 5. The summed E-state index contributed by atoms with van der Waals surface area (Å²) in [5, 5.41) is 11.6. The minimum absolute atomic E-state index is 0.0627. The van der Waals surface area contributed by atoms with Gasteiger partial charge in [0.15, 0.2) is 5.82 Å². The molecule has 3 aromatic rings. The monoisotopic (exact) mass is 391 g/mol. The van der Waals surface area contributed by atoms with E-state index in [1.165, 1.54) is 0 Å². The smallest absolute Gasteiger partial charge is 0.254 e. The van der Waals surface area contributed by atoms with Crippen molar-refractivity contribution in [2.24, 2.45) is 0 Å². The molecule has 0 spiro atoms. The lowest BCUT2D eigenvalue weighted by Crippen LogP contribution is -2.34. The van der Waals surface area contributed by atoms with Crippen LogP contribution in [0.25, 0.3) is 5.69 Å². The average Bonchev–Trinajstić information content (AvgIpc) is 3.05. The molecule has 1 amide bonds. The molecule has 1 saturated heterocycles. The maximum absolute atomic E-state index is 13.4. The van der Waals surface area contributed by atoms with Crippen LogP contribution in [-0.2, 0) is 0 Å². The SMILES string of the molecule is COc1ccc([C@@H]2CCCCCN2C(=O)c2ccc(-n3nnnc3C)cc2)cc1. The molecule has 1 fully saturated rings. The first-order valence-electron chi connectivity index (χ1n) is 9.98. The number of tetrazole rings is 1. The van der Waals surface area contributed by atoms with E-state index < -0.39 is 0 Å². The summed E-state index contributed by atoms with van der Waals surface area (Å²) in [7, 11) is 1.66. The maximum Gasteiger partial charge on any atom is 0.254 e. The molecule has 1 aromatic heterocycles. The van der Waals surface area contributed by atoms with Gasteiger partial charge in [-0.15, -0.1) is 5.10 Å². The maximum atomic E-state index is 13.4. The summed E-state index contributed by atoms with van der Waals surface area (Å²) >= 11 is 0. The number of aryl methyl sites for hydroxylation is 1. The molecule has 150 valence electrons.